The number of rotatable bonds is 7. The van der Waals surface area contributed by atoms with Crippen LogP contribution < -0.4 is 9.47 Å². The van der Waals surface area contributed by atoms with E-state index in [0.717, 1.165) is 28.9 Å². The molecule has 0 bridgehead atoms. The molecule has 0 amide bonds. The molecule has 0 saturated carbocycles. The van der Waals surface area contributed by atoms with Crippen molar-refractivity contribution in [1.82, 2.24) is 0 Å². The van der Waals surface area contributed by atoms with Crippen LogP contribution >= 0.6 is 0 Å². The van der Waals surface area contributed by atoms with Crippen molar-refractivity contribution >= 4 is 6.29 Å². The molecule has 94 valence electrons. The number of ether oxygens (including phenoxy) is 3. The Morgan fingerprint density at radius 2 is 1.82 bits per heavy atom. The first-order valence-electron chi connectivity index (χ1n) is 5.43. The predicted molar refractivity (Wildman–Crippen MR) is 64.6 cm³/mol. The molecule has 0 fully saturated rings. The molecule has 0 N–H and O–H groups in total. The third-order valence-electron chi connectivity index (χ3n) is 2.49. The van der Waals surface area contributed by atoms with Crippen molar-refractivity contribution in [1.29, 1.82) is 0 Å². The van der Waals surface area contributed by atoms with Crippen LogP contribution in [0.25, 0.3) is 0 Å². The fourth-order valence-corrected chi connectivity index (χ4v) is 1.77. The van der Waals surface area contributed by atoms with E-state index >= 15 is 0 Å². The number of hydrogen-bond acceptors (Lipinski definition) is 4. The van der Waals surface area contributed by atoms with Gasteiger partial charge in [-0.1, -0.05) is 0 Å². The van der Waals surface area contributed by atoms with Gasteiger partial charge in [0.25, 0.3) is 0 Å². The molecule has 4 heteroatoms. The molecule has 0 spiro atoms. The Morgan fingerprint density at radius 1 is 1.12 bits per heavy atom. The molecule has 0 saturated heterocycles. The molecule has 0 aliphatic carbocycles. The molecule has 0 aliphatic heterocycles. The molecule has 1 aromatic rings. The molecule has 1 aromatic carbocycles. The van der Waals surface area contributed by atoms with E-state index in [-0.39, 0.29) is 0 Å². The molecule has 0 radical (unpaired) electrons. The van der Waals surface area contributed by atoms with E-state index < -0.39 is 0 Å². The maximum absolute atomic E-state index is 10.4. The normalized spacial score (nSPS) is 10.1. The third-order valence-corrected chi connectivity index (χ3v) is 2.49. The van der Waals surface area contributed by atoms with Gasteiger partial charge in [-0.3, -0.25) is 0 Å². The first-order chi connectivity index (χ1) is 8.26. The lowest BCUT2D eigenvalue weighted by Crippen LogP contribution is -2.01. The van der Waals surface area contributed by atoms with Crippen LogP contribution in [0.1, 0.15) is 17.5 Å². The van der Waals surface area contributed by atoms with Crippen LogP contribution in [-0.2, 0) is 22.6 Å². The van der Waals surface area contributed by atoms with Crippen LogP contribution in [-0.4, -0.2) is 27.6 Å². The second-order valence-corrected chi connectivity index (χ2v) is 3.62. The number of carbonyl (C=O) groups is 1. The lowest BCUT2D eigenvalue weighted by atomic mass is 10.0. The molecular weight excluding hydrogens is 220 g/mol. The number of methoxy groups -OCH3 is 3. The summed E-state index contributed by atoms with van der Waals surface area (Å²) in [6.45, 7) is 0.453. The zero-order valence-electron chi connectivity index (χ0n) is 10.5. The van der Waals surface area contributed by atoms with Gasteiger partial charge >= 0.3 is 0 Å². The second kappa shape index (κ2) is 6.91. The SMILES string of the molecule is COCc1cc(OC)cc(CCC=O)c1OC. The first-order valence-corrected chi connectivity index (χ1v) is 5.43. The van der Waals surface area contributed by atoms with Crippen molar-refractivity contribution in [2.45, 2.75) is 19.4 Å². The molecule has 0 atom stereocenters. The topological polar surface area (TPSA) is 44.8 Å². The largest absolute Gasteiger partial charge is 0.497 e. The summed E-state index contributed by atoms with van der Waals surface area (Å²) in [6.07, 6.45) is 2.01. The third kappa shape index (κ3) is 3.46. The maximum Gasteiger partial charge on any atom is 0.127 e. The van der Waals surface area contributed by atoms with Gasteiger partial charge in [0, 0.05) is 19.1 Å². The zero-order chi connectivity index (χ0) is 12.7. The van der Waals surface area contributed by atoms with E-state index in [1.807, 2.05) is 12.1 Å². The number of benzene rings is 1. The Labute approximate surface area is 101 Å². The molecule has 17 heavy (non-hydrogen) atoms. The summed E-state index contributed by atoms with van der Waals surface area (Å²) in [5.41, 5.74) is 1.89. The van der Waals surface area contributed by atoms with Crippen molar-refractivity contribution < 1.29 is 19.0 Å². The van der Waals surface area contributed by atoms with Crippen LogP contribution in [0.2, 0.25) is 0 Å². The predicted octanol–water partition coefficient (Wildman–Crippen LogP) is 1.98. The summed E-state index contributed by atoms with van der Waals surface area (Å²) >= 11 is 0. The van der Waals surface area contributed by atoms with Crippen molar-refractivity contribution in [2.24, 2.45) is 0 Å². The summed E-state index contributed by atoms with van der Waals surface area (Å²) in [6, 6.07) is 3.77. The van der Waals surface area contributed by atoms with Gasteiger partial charge in [0.05, 0.1) is 20.8 Å². The number of carbonyl (C=O) groups excluding carboxylic acids is 1. The zero-order valence-corrected chi connectivity index (χ0v) is 10.5. The molecule has 1 rings (SSSR count). The summed E-state index contributed by atoms with van der Waals surface area (Å²) < 4.78 is 15.7. The van der Waals surface area contributed by atoms with Gasteiger partial charge in [0.1, 0.15) is 17.8 Å². The van der Waals surface area contributed by atoms with Gasteiger partial charge in [-0.05, 0) is 24.1 Å². The van der Waals surface area contributed by atoms with E-state index in [0.29, 0.717) is 19.4 Å². The number of hydrogen-bond donors (Lipinski definition) is 0. The number of aldehydes is 1. The summed E-state index contributed by atoms with van der Waals surface area (Å²) in [7, 11) is 4.86. The van der Waals surface area contributed by atoms with E-state index in [1.54, 1.807) is 21.3 Å². The molecule has 4 nitrogen and oxygen atoms in total. The van der Waals surface area contributed by atoms with Gasteiger partial charge < -0.3 is 19.0 Å². The van der Waals surface area contributed by atoms with Gasteiger partial charge in [-0.15, -0.1) is 0 Å². The van der Waals surface area contributed by atoms with Gasteiger partial charge in [0.15, 0.2) is 0 Å². The monoisotopic (exact) mass is 238 g/mol. The lowest BCUT2D eigenvalue weighted by Gasteiger charge is -2.14. The van der Waals surface area contributed by atoms with E-state index in [1.165, 1.54) is 0 Å². The van der Waals surface area contributed by atoms with Gasteiger partial charge in [0.2, 0.25) is 0 Å². The quantitative estimate of drug-likeness (QED) is 0.681. The minimum atomic E-state index is 0.453. The molecule has 0 aromatic heterocycles. The van der Waals surface area contributed by atoms with E-state index in [9.17, 15) is 4.79 Å². The van der Waals surface area contributed by atoms with Crippen LogP contribution in [0.4, 0.5) is 0 Å². The van der Waals surface area contributed by atoms with Gasteiger partial charge in [-0.2, -0.15) is 0 Å². The highest BCUT2D eigenvalue weighted by atomic mass is 16.5. The van der Waals surface area contributed by atoms with E-state index in [4.69, 9.17) is 14.2 Å². The van der Waals surface area contributed by atoms with Crippen LogP contribution in [0.15, 0.2) is 12.1 Å². The fraction of sp³-hybridized carbons (Fsp3) is 0.462. The summed E-state index contributed by atoms with van der Waals surface area (Å²) in [5, 5.41) is 0. The highest BCUT2D eigenvalue weighted by molar-refractivity contribution is 5.53. The molecule has 0 aliphatic rings. The summed E-state index contributed by atoms with van der Waals surface area (Å²) in [5.74, 6) is 1.52. The highest BCUT2D eigenvalue weighted by Gasteiger charge is 2.11. The maximum atomic E-state index is 10.4. The molecule has 0 unspecified atom stereocenters. The molecular formula is C13H18O4. The average Bonchev–Trinajstić information content (AvgIpc) is 2.36. The number of aryl methyl sites for hydroxylation is 1. The summed E-state index contributed by atoms with van der Waals surface area (Å²) in [4.78, 5) is 10.4. The standard InChI is InChI=1S/C13H18O4/c1-15-9-11-8-12(16-2)7-10(5-4-6-14)13(11)17-3/h6-8H,4-5,9H2,1-3H3. The molecule has 0 heterocycles. The highest BCUT2D eigenvalue weighted by Crippen LogP contribution is 2.30. The average molecular weight is 238 g/mol. The van der Waals surface area contributed by atoms with Crippen LogP contribution in [0.3, 0.4) is 0 Å². The Balaban J connectivity index is 3.13. The van der Waals surface area contributed by atoms with Crippen LogP contribution in [0, 0.1) is 0 Å². The van der Waals surface area contributed by atoms with E-state index in [2.05, 4.69) is 0 Å². The first kappa shape index (κ1) is 13.5. The lowest BCUT2D eigenvalue weighted by molar-refractivity contribution is -0.107. The van der Waals surface area contributed by atoms with Crippen molar-refractivity contribution in [3.8, 4) is 11.5 Å². The van der Waals surface area contributed by atoms with Crippen molar-refractivity contribution in [3.05, 3.63) is 23.3 Å². The Bertz CT molecular complexity index is 374. The Hall–Kier alpha value is -1.55. The minimum absolute atomic E-state index is 0.453. The van der Waals surface area contributed by atoms with Gasteiger partial charge in [-0.25, -0.2) is 0 Å². The smallest absolute Gasteiger partial charge is 0.127 e. The van der Waals surface area contributed by atoms with Crippen LogP contribution in [0.5, 0.6) is 11.5 Å². The van der Waals surface area contributed by atoms with Crippen molar-refractivity contribution in [2.75, 3.05) is 21.3 Å². The second-order valence-electron chi connectivity index (χ2n) is 3.62. The Morgan fingerprint density at radius 3 is 2.35 bits per heavy atom. The minimum Gasteiger partial charge on any atom is -0.497 e. The Kier molecular flexibility index (Phi) is 5.49. The van der Waals surface area contributed by atoms with Crippen molar-refractivity contribution in [3.63, 3.8) is 0 Å². The fourth-order valence-electron chi connectivity index (χ4n) is 1.77.